The van der Waals surface area contributed by atoms with Gasteiger partial charge in [0, 0.05) is 10.7 Å². The number of carbonyl (C=O) groups excluding carboxylic acids is 2. The minimum atomic E-state index is -0.522. The summed E-state index contributed by atoms with van der Waals surface area (Å²) >= 11 is 5.91. The van der Waals surface area contributed by atoms with Gasteiger partial charge in [0.2, 0.25) is 11.8 Å². The highest BCUT2D eigenvalue weighted by Gasteiger charge is 2.38. The highest BCUT2D eigenvalue weighted by molar-refractivity contribution is 6.31. The summed E-state index contributed by atoms with van der Waals surface area (Å²) in [5.41, 5.74) is 6.80. The van der Waals surface area contributed by atoms with Gasteiger partial charge in [0.05, 0.1) is 11.8 Å². The topological polar surface area (TPSA) is 72.2 Å². The molecule has 0 saturated carbocycles. The van der Waals surface area contributed by atoms with Crippen LogP contribution in [0.25, 0.3) is 0 Å². The molecule has 2 amide bonds. The van der Waals surface area contributed by atoms with Gasteiger partial charge >= 0.3 is 0 Å². The van der Waals surface area contributed by atoms with Gasteiger partial charge in [-0.2, -0.15) is 0 Å². The predicted octanol–water partition coefficient (Wildman–Crippen LogP) is 1.89. The van der Waals surface area contributed by atoms with Gasteiger partial charge in [0.15, 0.2) is 0 Å². The van der Waals surface area contributed by atoms with Gasteiger partial charge in [-0.15, -0.1) is 0 Å². The summed E-state index contributed by atoms with van der Waals surface area (Å²) in [5.74, 6) is -1.66. The lowest BCUT2D eigenvalue weighted by molar-refractivity contribution is -0.127. The SMILES string of the molecule is CCC(C(N)=O)C1C(=O)Nc2ccc(Cl)cc21. The number of primary amides is 1. The molecule has 1 aromatic carbocycles. The Morgan fingerprint density at radius 2 is 2.29 bits per heavy atom. The van der Waals surface area contributed by atoms with E-state index in [1.807, 2.05) is 6.92 Å². The minimum Gasteiger partial charge on any atom is -0.369 e. The Morgan fingerprint density at radius 3 is 2.88 bits per heavy atom. The van der Waals surface area contributed by atoms with Crippen molar-refractivity contribution in [3.8, 4) is 0 Å². The number of halogens is 1. The van der Waals surface area contributed by atoms with Crippen LogP contribution in [-0.4, -0.2) is 11.8 Å². The quantitative estimate of drug-likeness (QED) is 0.862. The van der Waals surface area contributed by atoms with E-state index >= 15 is 0 Å². The van der Waals surface area contributed by atoms with Crippen LogP contribution in [0.5, 0.6) is 0 Å². The average Bonchev–Trinajstić information content (AvgIpc) is 2.56. The van der Waals surface area contributed by atoms with Crippen molar-refractivity contribution in [1.82, 2.24) is 0 Å². The number of hydrogen-bond donors (Lipinski definition) is 2. The second kappa shape index (κ2) is 4.37. The molecular weight excluding hydrogens is 240 g/mol. The van der Waals surface area contributed by atoms with Gasteiger partial charge < -0.3 is 11.1 Å². The first kappa shape index (κ1) is 11.9. The van der Waals surface area contributed by atoms with Crippen molar-refractivity contribution in [2.24, 2.45) is 11.7 Å². The third-order valence-electron chi connectivity index (χ3n) is 3.10. The lowest BCUT2D eigenvalue weighted by Gasteiger charge is -2.17. The van der Waals surface area contributed by atoms with Crippen molar-refractivity contribution < 1.29 is 9.59 Å². The minimum absolute atomic E-state index is 0.187. The molecule has 0 bridgehead atoms. The van der Waals surface area contributed by atoms with E-state index in [0.29, 0.717) is 17.1 Å². The van der Waals surface area contributed by atoms with Crippen LogP contribution in [0.4, 0.5) is 5.69 Å². The van der Waals surface area contributed by atoms with Gasteiger partial charge in [-0.3, -0.25) is 9.59 Å². The lowest BCUT2D eigenvalue weighted by Crippen LogP contribution is -2.31. The van der Waals surface area contributed by atoms with Crippen LogP contribution in [0.1, 0.15) is 24.8 Å². The van der Waals surface area contributed by atoms with Crippen molar-refractivity contribution in [1.29, 1.82) is 0 Å². The van der Waals surface area contributed by atoms with E-state index in [1.165, 1.54) is 0 Å². The molecule has 0 spiro atoms. The van der Waals surface area contributed by atoms with E-state index in [9.17, 15) is 9.59 Å². The van der Waals surface area contributed by atoms with Crippen molar-refractivity contribution in [2.75, 3.05) is 5.32 Å². The largest absolute Gasteiger partial charge is 0.369 e. The molecule has 0 radical (unpaired) electrons. The molecule has 1 aromatic rings. The fourth-order valence-corrected chi connectivity index (χ4v) is 2.44. The van der Waals surface area contributed by atoms with Crippen LogP contribution in [-0.2, 0) is 9.59 Å². The van der Waals surface area contributed by atoms with Gasteiger partial charge in [-0.1, -0.05) is 18.5 Å². The predicted molar refractivity (Wildman–Crippen MR) is 65.8 cm³/mol. The summed E-state index contributed by atoms with van der Waals surface area (Å²) in [6, 6.07) is 5.16. The van der Waals surface area contributed by atoms with Crippen LogP contribution in [0.3, 0.4) is 0 Å². The number of nitrogens with two attached hydrogens (primary N) is 1. The van der Waals surface area contributed by atoms with Crippen LogP contribution in [0.2, 0.25) is 5.02 Å². The van der Waals surface area contributed by atoms with E-state index < -0.39 is 17.7 Å². The molecule has 2 unspecified atom stereocenters. The Morgan fingerprint density at radius 1 is 1.59 bits per heavy atom. The van der Waals surface area contributed by atoms with Crippen LogP contribution >= 0.6 is 11.6 Å². The van der Waals surface area contributed by atoms with Crippen molar-refractivity contribution in [3.05, 3.63) is 28.8 Å². The first-order valence-electron chi connectivity index (χ1n) is 5.44. The standard InChI is InChI=1S/C12H13ClN2O2/c1-2-7(11(14)16)10-8-5-6(13)3-4-9(8)15-12(10)17/h3-5,7,10H,2H2,1H3,(H2,14,16)(H,15,17). The van der Waals surface area contributed by atoms with Gasteiger partial charge in [-0.25, -0.2) is 0 Å². The molecule has 1 heterocycles. The number of anilines is 1. The van der Waals surface area contributed by atoms with Gasteiger partial charge in [0.25, 0.3) is 0 Å². The van der Waals surface area contributed by atoms with Crippen LogP contribution < -0.4 is 11.1 Å². The fraction of sp³-hybridized carbons (Fsp3) is 0.333. The molecule has 0 fully saturated rings. The second-order valence-electron chi connectivity index (χ2n) is 4.12. The Bertz CT molecular complexity index is 487. The summed E-state index contributed by atoms with van der Waals surface area (Å²) in [6.45, 7) is 1.84. The molecule has 0 aromatic heterocycles. The first-order chi connectivity index (χ1) is 8.04. The molecule has 0 aliphatic carbocycles. The number of rotatable bonds is 3. The zero-order valence-corrected chi connectivity index (χ0v) is 10.1. The maximum absolute atomic E-state index is 11.9. The third-order valence-corrected chi connectivity index (χ3v) is 3.33. The van der Waals surface area contributed by atoms with Crippen molar-refractivity contribution >= 4 is 29.1 Å². The molecule has 3 N–H and O–H groups in total. The monoisotopic (exact) mass is 252 g/mol. The summed E-state index contributed by atoms with van der Waals surface area (Å²) in [5, 5.41) is 3.28. The maximum Gasteiger partial charge on any atom is 0.232 e. The first-order valence-corrected chi connectivity index (χ1v) is 5.82. The molecule has 4 nitrogen and oxygen atoms in total. The summed E-state index contributed by atoms with van der Waals surface area (Å²) in [6.07, 6.45) is 0.527. The van der Waals surface area contributed by atoms with Gasteiger partial charge in [-0.05, 0) is 30.2 Å². The Kier molecular flexibility index (Phi) is 3.07. The smallest absolute Gasteiger partial charge is 0.232 e. The zero-order chi connectivity index (χ0) is 12.6. The average molecular weight is 253 g/mol. The number of fused-ring (bicyclic) bond motifs is 1. The molecule has 5 heteroatoms. The number of benzene rings is 1. The third kappa shape index (κ3) is 2.00. The summed E-state index contributed by atoms with van der Waals surface area (Å²) < 4.78 is 0. The molecular formula is C12H13ClN2O2. The maximum atomic E-state index is 11.9. The molecule has 1 aliphatic rings. The van der Waals surface area contributed by atoms with E-state index in [-0.39, 0.29) is 5.91 Å². The fourth-order valence-electron chi connectivity index (χ4n) is 2.26. The molecule has 1 aliphatic heterocycles. The van der Waals surface area contributed by atoms with Crippen LogP contribution in [0.15, 0.2) is 18.2 Å². The number of amides is 2. The number of nitrogens with one attached hydrogen (secondary N) is 1. The number of hydrogen-bond acceptors (Lipinski definition) is 2. The molecule has 17 heavy (non-hydrogen) atoms. The van der Waals surface area contributed by atoms with E-state index in [1.54, 1.807) is 18.2 Å². The Labute approximate surface area is 104 Å². The zero-order valence-electron chi connectivity index (χ0n) is 9.37. The molecule has 2 rings (SSSR count). The highest BCUT2D eigenvalue weighted by Crippen LogP contribution is 2.39. The lowest BCUT2D eigenvalue weighted by atomic mass is 9.85. The summed E-state index contributed by atoms with van der Waals surface area (Å²) in [4.78, 5) is 23.3. The van der Waals surface area contributed by atoms with E-state index in [0.717, 1.165) is 5.56 Å². The second-order valence-corrected chi connectivity index (χ2v) is 4.55. The normalized spacial score (nSPS) is 19.6. The molecule has 2 atom stereocenters. The Hall–Kier alpha value is -1.55. The number of carbonyl (C=O) groups is 2. The van der Waals surface area contributed by atoms with Crippen molar-refractivity contribution in [2.45, 2.75) is 19.3 Å². The van der Waals surface area contributed by atoms with E-state index in [4.69, 9.17) is 17.3 Å². The molecule has 90 valence electrons. The van der Waals surface area contributed by atoms with Gasteiger partial charge in [0.1, 0.15) is 0 Å². The van der Waals surface area contributed by atoms with Crippen LogP contribution in [0, 0.1) is 5.92 Å². The van der Waals surface area contributed by atoms with Crippen molar-refractivity contribution in [3.63, 3.8) is 0 Å². The summed E-state index contributed by atoms with van der Waals surface area (Å²) in [7, 11) is 0. The highest BCUT2D eigenvalue weighted by atomic mass is 35.5. The Balaban J connectivity index is 2.46. The van der Waals surface area contributed by atoms with E-state index in [2.05, 4.69) is 5.32 Å². The molecule has 0 saturated heterocycles.